The van der Waals surface area contributed by atoms with Crippen LogP contribution in [0.1, 0.15) is 44.7 Å². The van der Waals surface area contributed by atoms with Crippen molar-refractivity contribution in [3.8, 4) is 0 Å². The molecule has 0 aliphatic rings. The van der Waals surface area contributed by atoms with Crippen LogP contribution in [0.5, 0.6) is 0 Å². The Morgan fingerprint density at radius 1 is 1.19 bits per heavy atom. The van der Waals surface area contributed by atoms with Crippen LogP contribution in [0.15, 0.2) is 18.2 Å². The van der Waals surface area contributed by atoms with Crippen molar-refractivity contribution < 1.29 is 8.78 Å². The molecule has 1 rings (SSSR count). The first-order valence-electron chi connectivity index (χ1n) is 5.71. The molecule has 0 aliphatic carbocycles. The summed E-state index contributed by atoms with van der Waals surface area (Å²) < 4.78 is 26.1. The highest BCUT2D eigenvalue weighted by atomic mass is 19.1. The number of hydrogen-bond acceptors (Lipinski definition) is 1. The van der Waals surface area contributed by atoms with Crippen LogP contribution in [0.3, 0.4) is 0 Å². The van der Waals surface area contributed by atoms with Crippen LogP contribution in [0.25, 0.3) is 0 Å². The summed E-state index contributed by atoms with van der Waals surface area (Å²) in [5, 5.41) is 0. The molecule has 0 heterocycles. The lowest BCUT2D eigenvalue weighted by Gasteiger charge is -2.13. The van der Waals surface area contributed by atoms with Crippen molar-refractivity contribution in [2.75, 3.05) is 0 Å². The van der Waals surface area contributed by atoms with Crippen molar-refractivity contribution >= 4 is 0 Å². The quantitative estimate of drug-likeness (QED) is 0.813. The van der Waals surface area contributed by atoms with Crippen molar-refractivity contribution in [1.82, 2.24) is 0 Å². The summed E-state index contributed by atoms with van der Waals surface area (Å²) in [6.45, 7) is 4.29. The topological polar surface area (TPSA) is 26.0 Å². The SMILES string of the molecule is CC(C)CCCC(N)c1ccc(F)cc1F. The highest BCUT2D eigenvalue weighted by Crippen LogP contribution is 2.21. The minimum Gasteiger partial charge on any atom is -0.324 e. The Morgan fingerprint density at radius 3 is 2.44 bits per heavy atom. The van der Waals surface area contributed by atoms with E-state index in [1.165, 1.54) is 12.1 Å². The van der Waals surface area contributed by atoms with Crippen molar-refractivity contribution in [2.45, 2.75) is 39.2 Å². The fourth-order valence-electron chi connectivity index (χ4n) is 1.70. The van der Waals surface area contributed by atoms with Gasteiger partial charge in [0, 0.05) is 17.7 Å². The molecule has 0 bridgehead atoms. The maximum absolute atomic E-state index is 13.4. The van der Waals surface area contributed by atoms with E-state index in [-0.39, 0.29) is 6.04 Å². The zero-order valence-corrected chi connectivity index (χ0v) is 9.84. The average molecular weight is 227 g/mol. The van der Waals surface area contributed by atoms with Gasteiger partial charge in [0.05, 0.1) is 0 Å². The molecule has 0 amide bonds. The van der Waals surface area contributed by atoms with Crippen molar-refractivity contribution in [1.29, 1.82) is 0 Å². The molecule has 1 nitrogen and oxygen atoms in total. The number of nitrogens with two attached hydrogens (primary N) is 1. The van der Waals surface area contributed by atoms with Gasteiger partial charge < -0.3 is 5.73 Å². The second kappa shape index (κ2) is 5.94. The van der Waals surface area contributed by atoms with E-state index in [1.807, 2.05) is 0 Å². The molecular weight excluding hydrogens is 208 g/mol. The molecule has 16 heavy (non-hydrogen) atoms. The lowest BCUT2D eigenvalue weighted by Crippen LogP contribution is -2.12. The van der Waals surface area contributed by atoms with Crippen LogP contribution in [0.2, 0.25) is 0 Å². The van der Waals surface area contributed by atoms with Gasteiger partial charge in [-0.15, -0.1) is 0 Å². The summed E-state index contributed by atoms with van der Waals surface area (Å²) >= 11 is 0. The first-order chi connectivity index (χ1) is 7.50. The van der Waals surface area contributed by atoms with E-state index in [4.69, 9.17) is 5.73 Å². The van der Waals surface area contributed by atoms with Gasteiger partial charge in [-0.05, 0) is 18.4 Å². The summed E-state index contributed by atoms with van der Waals surface area (Å²) in [4.78, 5) is 0. The van der Waals surface area contributed by atoms with E-state index in [0.717, 1.165) is 25.3 Å². The summed E-state index contributed by atoms with van der Waals surface area (Å²) in [7, 11) is 0. The lowest BCUT2D eigenvalue weighted by atomic mass is 9.98. The van der Waals surface area contributed by atoms with Gasteiger partial charge in [-0.2, -0.15) is 0 Å². The van der Waals surface area contributed by atoms with Gasteiger partial charge in [0.2, 0.25) is 0 Å². The monoisotopic (exact) mass is 227 g/mol. The zero-order chi connectivity index (χ0) is 12.1. The third-order valence-electron chi connectivity index (χ3n) is 2.66. The predicted octanol–water partition coefficient (Wildman–Crippen LogP) is 3.79. The summed E-state index contributed by atoms with van der Waals surface area (Å²) in [6.07, 6.45) is 2.78. The van der Waals surface area contributed by atoms with Gasteiger partial charge in [0.1, 0.15) is 11.6 Å². The van der Waals surface area contributed by atoms with E-state index in [1.54, 1.807) is 0 Å². The van der Waals surface area contributed by atoms with Crippen molar-refractivity contribution in [3.05, 3.63) is 35.4 Å². The van der Waals surface area contributed by atoms with Crippen LogP contribution in [0.4, 0.5) is 8.78 Å². The second-order valence-corrected chi connectivity index (χ2v) is 4.60. The highest BCUT2D eigenvalue weighted by Gasteiger charge is 2.11. The molecule has 0 spiro atoms. The van der Waals surface area contributed by atoms with Crippen molar-refractivity contribution in [2.24, 2.45) is 11.7 Å². The highest BCUT2D eigenvalue weighted by molar-refractivity contribution is 5.21. The molecule has 0 aliphatic heterocycles. The van der Waals surface area contributed by atoms with Gasteiger partial charge in [0.15, 0.2) is 0 Å². The first-order valence-corrected chi connectivity index (χ1v) is 5.71. The molecule has 90 valence electrons. The van der Waals surface area contributed by atoms with Crippen LogP contribution in [0, 0.1) is 17.6 Å². The van der Waals surface area contributed by atoms with Gasteiger partial charge in [0.25, 0.3) is 0 Å². The maximum Gasteiger partial charge on any atom is 0.130 e. The Labute approximate surface area is 95.7 Å². The molecule has 3 heteroatoms. The van der Waals surface area contributed by atoms with Gasteiger partial charge >= 0.3 is 0 Å². The molecule has 0 radical (unpaired) electrons. The van der Waals surface area contributed by atoms with Gasteiger partial charge in [-0.25, -0.2) is 8.78 Å². The Bertz CT molecular complexity index is 337. The van der Waals surface area contributed by atoms with Crippen LogP contribution in [-0.2, 0) is 0 Å². The summed E-state index contributed by atoms with van der Waals surface area (Å²) in [5.41, 5.74) is 6.28. The number of halogens is 2. The number of rotatable bonds is 5. The average Bonchev–Trinajstić information content (AvgIpc) is 2.16. The van der Waals surface area contributed by atoms with Crippen LogP contribution < -0.4 is 5.73 Å². The third-order valence-corrected chi connectivity index (χ3v) is 2.66. The smallest absolute Gasteiger partial charge is 0.130 e. The largest absolute Gasteiger partial charge is 0.324 e. The normalized spacial score (nSPS) is 13.1. The van der Waals surface area contributed by atoms with Gasteiger partial charge in [-0.3, -0.25) is 0 Å². The maximum atomic E-state index is 13.4. The Morgan fingerprint density at radius 2 is 1.88 bits per heavy atom. The molecule has 1 unspecified atom stereocenters. The Kier molecular flexibility index (Phi) is 4.87. The minimum atomic E-state index is -0.560. The Hall–Kier alpha value is -0.960. The molecule has 0 aromatic heterocycles. The fourth-order valence-corrected chi connectivity index (χ4v) is 1.70. The molecule has 1 atom stereocenters. The predicted molar refractivity (Wildman–Crippen MR) is 62.0 cm³/mol. The fraction of sp³-hybridized carbons (Fsp3) is 0.538. The summed E-state index contributed by atoms with van der Waals surface area (Å²) in [5.74, 6) is -0.474. The van der Waals surface area contributed by atoms with E-state index >= 15 is 0 Å². The molecule has 0 saturated heterocycles. The molecule has 1 aromatic rings. The van der Waals surface area contributed by atoms with Gasteiger partial charge in [-0.1, -0.05) is 32.8 Å². The Balaban J connectivity index is 2.55. The number of benzene rings is 1. The third kappa shape index (κ3) is 3.89. The molecular formula is C13H19F2N. The van der Waals surface area contributed by atoms with E-state index in [0.29, 0.717) is 11.5 Å². The van der Waals surface area contributed by atoms with Crippen molar-refractivity contribution in [3.63, 3.8) is 0 Å². The molecule has 0 fully saturated rings. The molecule has 0 saturated carbocycles. The van der Waals surface area contributed by atoms with E-state index < -0.39 is 11.6 Å². The minimum absolute atomic E-state index is 0.334. The van der Waals surface area contributed by atoms with Crippen LogP contribution >= 0.6 is 0 Å². The standard InChI is InChI=1S/C13H19F2N/c1-9(2)4-3-5-13(16)11-7-6-10(14)8-12(11)15/h6-9,13H,3-5,16H2,1-2H3. The molecule has 1 aromatic carbocycles. The summed E-state index contributed by atoms with van der Waals surface area (Å²) in [6, 6.07) is 3.24. The number of hydrogen-bond donors (Lipinski definition) is 1. The second-order valence-electron chi connectivity index (χ2n) is 4.60. The first kappa shape index (κ1) is 13.1. The lowest BCUT2D eigenvalue weighted by molar-refractivity contribution is 0.490. The van der Waals surface area contributed by atoms with E-state index in [2.05, 4.69) is 13.8 Å². The zero-order valence-electron chi connectivity index (χ0n) is 9.84. The van der Waals surface area contributed by atoms with E-state index in [9.17, 15) is 8.78 Å². The molecule has 2 N–H and O–H groups in total. The van der Waals surface area contributed by atoms with Crippen LogP contribution in [-0.4, -0.2) is 0 Å².